The monoisotopic (exact) mass is 289 g/mol. The van der Waals surface area contributed by atoms with E-state index >= 15 is 0 Å². The molecule has 0 aromatic heterocycles. The van der Waals surface area contributed by atoms with Crippen LogP contribution in [0.15, 0.2) is 36.4 Å². The highest BCUT2D eigenvalue weighted by Crippen LogP contribution is 2.28. The maximum absolute atomic E-state index is 13.2. The van der Waals surface area contributed by atoms with Gasteiger partial charge in [0.15, 0.2) is 11.5 Å². The van der Waals surface area contributed by atoms with E-state index in [1.54, 1.807) is 26.2 Å². The Balaban J connectivity index is 2.07. The second-order valence-corrected chi connectivity index (χ2v) is 4.74. The summed E-state index contributed by atoms with van der Waals surface area (Å²) in [6, 6.07) is 10.8. The van der Waals surface area contributed by atoms with Crippen LogP contribution < -0.4 is 14.8 Å². The molecular weight excluding hydrogens is 269 g/mol. The maximum atomic E-state index is 13.2. The van der Waals surface area contributed by atoms with Gasteiger partial charge in [0, 0.05) is 12.2 Å². The first-order valence-electron chi connectivity index (χ1n) is 6.93. The van der Waals surface area contributed by atoms with Gasteiger partial charge in [-0.2, -0.15) is 0 Å². The van der Waals surface area contributed by atoms with Crippen LogP contribution in [0.4, 0.5) is 10.1 Å². The molecule has 0 amide bonds. The van der Waals surface area contributed by atoms with Crippen molar-refractivity contribution in [2.24, 2.45) is 0 Å². The molecule has 3 nitrogen and oxygen atoms in total. The summed E-state index contributed by atoms with van der Waals surface area (Å²) in [4.78, 5) is 0. The molecule has 2 aromatic rings. The molecule has 2 rings (SSSR count). The fraction of sp³-hybridized carbons (Fsp3) is 0.294. The van der Waals surface area contributed by atoms with Crippen LogP contribution in [0.25, 0.3) is 0 Å². The summed E-state index contributed by atoms with van der Waals surface area (Å²) in [7, 11) is 1.62. The Kier molecular flexibility index (Phi) is 5.04. The van der Waals surface area contributed by atoms with Gasteiger partial charge in [0.05, 0.1) is 13.7 Å². The second-order valence-electron chi connectivity index (χ2n) is 4.74. The van der Waals surface area contributed by atoms with E-state index in [9.17, 15) is 4.39 Å². The van der Waals surface area contributed by atoms with Crippen LogP contribution in [-0.2, 0) is 6.54 Å². The molecule has 0 aliphatic carbocycles. The van der Waals surface area contributed by atoms with Gasteiger partial charge in [0.25, 0.3) is 0 Å². The second kappa shape index (κ2) is 6.97. The lowest BCUT2D eigenvalue weighted by Gasteiger charge is -2.12. The molecule has 0 aliphatic heterocycles. The van der Waals surface area contributed by atoms with Gasteiger partial charge in [-0.25, -0.2) is 4.39 Å². The highest BCUT2D eigenvalue weighted by Gasteiger charge is 2.05. The molecule has 4 heteroatoms. The molecule has 0 bridgehead atoms. The third-order valence-corrected chi connectivity index (χ3v) is 3.18. The molecule has 112 valence electrons. The van der Waals surface area contributed by atoms with Crippen molar-refractivity contribution < 1.29 is 13.9 Å². The molecular formula is C17H20FNO2. The Bertz CT molecular complexity index is 614. The zero-order chi connectivity index (χ0) is 15.2. The van der Waals surface area contributed by atoms with Gasteiger partial charge in [-0.05, 0) is 55.3 Å². The van der Waals surface area contributed by atoms with Gasteiger partial charge in [-0.3, -0.25) is 0 Å². The Morgan fingerprint density at radius 3 is 2.57 bits per heavy atom. The fourth-order valence-electron chi connectivity index (χ4n) is 2.06. The number of ether oxygens (including phenoxy) is 2. The fourth-order valence-corrected chi connectivity index (χ4v) is 2.06. The van der Waals surface area contributed by atoms with Crippen LogP contribution in [0.5, 0.6) is 11.5 Å². The summed E-state index contributed by atoms with van der Waals surface area (Å²) < 4.78 is 24.0. The Labute approximate surface area is 124 Å². The number of nitrogens with one attached hydrogen (secondary N) is 1. The quantitative estimate of drug-likeness (QED) is 0.866. The zero-order valence-corrected chi connectivity index (χ0v) is 12.6. The molecule has 0 heterocycles. The highest BCUT2D eigenvalue weighted by molar-refractivity contribution is 5.48. The molecule has 0 saturated heterocycles. The van der Waals surface area contributed by atoms with Crippen molar-refractivity contribution in [3.05, 3.63) is 53.3 Å². The Hall–Kier alpha value is -2.23. The van der Waals surface area contributed by atoms with Crippen LogP contribution in [0, 0.1) is 12.7 Å². The van der Waals surface area contributed by atoms with Crippen LogP contribution in [-0.4, -0.2) is 13.7 Å². The lowest BCUT2D eigenvalue weighted by atomic mass is 10.1. The molecule has 0 fully saturated rings. The number of anilines is 1. The van der Waals surface area contributed by atoms with Crippen molar-refractivity contribution >= 4 is 5.69 Å². The molecule has 0 unspecified atom stereocenters. The predicted molar refractivity (Wildman–Crippen MR) is 82.6 cm³/mol. The van der Waals surface area contributed by atoms with Gasteiger partial charge in [-0.1, -0.05) is 6.07 Å². The minimum atomic E-state index is -0.191. The number of aryl methyl sites for hydroxylation is 1. The predicted octanol–water partition coefficient (Wildman–Crippen LogP) is 4.15. The molecule has 0 spiro atoms. The number of hydrogen-bond donors (Lipinski definition) is 1. The van der Waals surface area contributed by atoms with Crippen molar-refractivity contribution in [3.63, 3.8) is 0 Å². The van der Waals surface area contributed by atoms with Crippen molar-refractivity contribution in [2.75, 3.05) is 19.0 Å². The minimum absolute atomic E-state index is 0.191. The van der Waals surface area contributed by atoms with Crippen LogP contribution in [0.2, 0.25) is 0 Å². The number of hydrogen-bond acceptors (Lipinski definition) is 3. The first kappa shape index (κ1) is 15.2. The van der Waals surface area contributed by atoms with E-state index in [0.717, 1.165) is 17.0 Å². The van der Waals surface area contributed by atoms with E-state index in [0.29, 0.717) is 24.5 Å². The third kappa shape index (κ3) is 3.88. The van der Waals surface area contributed by atoms with E-state index < -0.39 is 0 Å². The molecule has 0 aliphatic rings. The van der Waals surface area contributed by atoms with Crippen molar-refractivity contribution in [1.29, 1.82) is 0 Å². The summed E-state index contributed by atoms with van der Waals surface area (Å²) in [5.74, 6) is 1.26. The summed E-state index contributed by atoms with van der Waals surface area (Å²) in [6.07, 6.45) is 0. The van der Waals surface area contributed by atoms with Crippen LogP contribution >= 0.6 is 0 Å². The topological polar surface area (TPSA) is 30.5 Å². The number of rotatable bonds is 6. The smallest absolute Gasteiger partial charge is 0.161 e. The minimum Gasteiger partial charge on any atom is -0.493 e. The van der Waals surface area contributed by atoms with Gasteiger partial charge >= 0.3 is 0 Å². The number of methoxy groups -OCH3 is 1. The van der Waals surface area contributed by atoms with Crippen molar-refractivity contribution in [3.8, 4) is 11.5 Å². The number of halogens is 1. The number of benzene rings is 2. The SMILES string of the molecule is CCOc1ccc(CNc2ccc(F)c(C)c2)cc1OC. The van der Waals surface area contributed by atoms with E-state index in [1.807, 2.05) is 25.1 Å². The molecule has 0 atom stereocenters. The average Bonchev–Trinajstić information content (AvgIpc) is 2.49. The summed E-state index contributed by atoms with van der Waals surface area (Å²) in [6.45, 7) is 4.92. The molecule has 1 N–H and O–H groups in total. The van der Waals surface area contributed by atoms with Gasteiger partial charge in [-0.15, -0.1) is 0 Å². The first-order chi connectivity index (χ1) is 10.1. The van der Waals surface area contributed by atoms with E-state index in [2.05, 4.69) is 5.32 Å². The molecule has 2 aromatic carbocycles. The van der Waals surface area contributed by atoms with E-state index in [4.69, 9.17) is 9.47 Å². The van der Waals surface area contributed by atoms with Gasteiger partial charge < -0.3 is 14.8 Å². The zero-order valence-electron chi connectivity index (χ0n) is 12.6. The Morgan fingerprint density at radius 1 is 1.10 bits per heavy atom. The van der Waals surface area contributed by atoms with Crippen LogP contribution in [0.3, 0.4) is 0 Å². The summed E-state index contributed by atoms with van der Waals surface area (Å²) in [5.41, 5.74) is 2.59. The van der Waals surface area contributed by atoms with Crippen molar-refractivity contribution in [1.82, 2.24) is 0 Å². The first-order valence-corrected chi connectivity index (χ1v) is 6.93. The maximum Gasteiger partial charge on any atom is 0.161 e. The standard InChI is InChI=1S/C17H20FNO2/c1-4-21-16-8-5-13(10-17(16)20-3)11-19-14-6-7-15(18)12(2)9-14/h5-10,19H,4,11H2,1-3H3. The van der Waals surface area contributed by atoms with E-state index in [-0.39, 0.29) is 5.82 Å². The van der Waals surface area contributed by atoms with Crippen LogP contribution in [0.1, 0.15) is 18.1 Å². The third-order valence-electron chi connectivity index (χ3n) is 3.18. The molecule has 0 radical (unpaired) electrons. The highest BCUT2D eigenvalue weighted by atomic mass is 19.1. The van der Waals surface area contributed by atoms with Gasteiger partial charge in [0.1, 0.15) is 5.82 Å². The summed E-state index contributed by atoms with van der Waals surface area (Å²) >= 11 is 0. The lowest BCUT2D eigenvalue weighted by Crippen LogP contribution is -2.02. The normalized spacial score (nSPS) is 10.3. The van der Waals surface area contributed by atoms with E-state index in [1.165, 1.54) is 6.07 Å². The van der Waals surface area contributed by atoms with Gasteiger partial charge in [0.2, 0.25) is 0 Å². The summed E-state index contributed by atoms with van der Waals surface area (Å²) in [5, 5.41) is 3.27. The van der Waals surface area contributed by atoms with Crippen molar-refractivity contribution in [2.45, 2.75) is 20.4 Å². The molecule has 0 saturated carbocycles. The lowest BCUT2D eigenvalue weighted by molar-refractivity contribution is 0.310. The Morgan fingerprint density at radius 2 is 1.90 bits per heavy atom. The molecule has 21 heavy (non-hydrogen) atoms. The average molecular weight is 289 g/mol. The largest absolute Gasteiger partial charge is 0.493 e.